The summed E-state index contributed by atoms with van der Waals surface area (Å²) in [5.41, 5.74) is -0.0920. The molecule has 0 rings (SSSR count). The third-order valence-corrected chi connectivity index (χ3v) is 1.20. The van der Waals surface area contributed by atoms with Crippen LogP contribution in [-0.4, -0.2) is 13.1 Å². The van der Waals surface area contributed by atoms with E-state index < -0.39 is 5.97 Å². The van der Waals surface area contributed by atoms with Crippen LogP contribution in [0.5, 0.6) is 0 Å². The van der Waals surface area contributed by atoms with Crippen molar-refractivity contribution >= 4 is 17.6 Å². The molecule has 0 heterocycles. The summed E-state index contributed by atoms with van der Waals surface area (Å²) in [5.74, 6) is -0.485. The van der Waals surface area contributed by atoms with Gasteiger partial charge in [-0.2, -0.15) is 0 Å². The maximum atomic E-state index is 10.8. The highest BCUT2D eigenvalue weighted by atomic mass is 35.5. The number of rotatable bonds is 1. The summed E-state index contributed by atoms with van der Waals surface area (Å²) in [7, 11) is 1.31. The van der Waals surface area contributed by atoms with Crippen LogP contribution in [0, 0.1) is 5.41 Å². The summed E-state index contributed by atoms with van der Waals surface area (Å²) in [6.45, 7) is 5.87. The Bertz CT molecular complexity index is 177. The number of methoxy groups -OCH3 is 1. The Balaban J connectivity index is 4.34. The van der Waals surface area contributed by atoms with Gasteiger partial charge >= 0.3 is 5.97 Å². The van der Waals surface area contributed by atoms with Gasteiger partial charge < -0.3 is 4.74 Å². The highest BCUT2D eigenvalue weighted by Gasteiger charge is 2.12. The average Bonchev–Trinajstić information content (AvgIpc) is 1.82. The molecule has 2 nitrogen and oxygen atoms in total. The van der Waals surface area contributed by atoms with Crippen LogP contribution < -0.4 is 0 Å². The van der Waals surface area contributed by atoms with Crippen molar-refractivity contribution in [2.45, 2.75) is 20.8 Å². The van der Waals surface area contributed by atoms with E-state index in [9.17, 15) is 4.79 Å². The topological polar surface area (TPSA) is 26.3 Å². The van der Waals surface area contributed by atoms with Gasteiger partial charge in [0.05, 0.1) is 7.11 Å². The van der Waals surface area contributed by atoms with Gasteiger partial charge in [0, 0.05) is 0 Å². The summed E-state index contributed by atoms with van der Waals surface area (Å²) in [6.07, 6.45) is 1.67. The predicted octanol–water partition coefficient (Wildman–Crippen LogP) is 2.33. The predicted molar refractivity (Wildman–Crippen MR) is 45.4 cm³/mol. The maximum absolute atomic E-state index is 10.8. The number of hydrogen-bond acceptors (Lipinski definition) is 2. The van der Waals surface area contributed by atoms with Crippen molar-refractivity contribution in [1.29, 1.82) is 0 Å². The highest BCUT2D eigenvalue weighted by Crippen LogP contribution is 2.19. The Morgan fingerprint density at radius 3 is 2.18 bits per heavy atom. The van der Waals surface area contributed by atoms with E-state index in [2.05, 4.69) is 4.74 Å². The van der Waals surface area contributed by atoms with E-state index in [1.165, 1.54) is 7.11 Å². The third-order valence-electron chi connectivity index (χ3n) is 0.940. The van der Waals surface area contributed by atoms with Crippen molar-refractivity contribution in [3.05, 3.63) is 11.1 Å². The molecule has 0 amide bonds. The van der Waals surface area contributed by atoms with Crippen LogP contribution in [0.25, 0.3) is 0 Å². The van der Waals surface area contributed by atoms with Crippen LogP contribution >= 0.6 is 11.6 Å². The van der Waals surface area contributed by atoms with Crippen molar-refractivity contribution in [2.75, 3.05) is 7.11 Å². The number of hydrogen-bond donors (Lipinski definition) is 0. The van der Waals surface area contributed by atoms with Crippen LogP contribution in [-0.2, 0) is 9.53 Å². The molecule has 0 N–H and O–H groups in total. The smallest absolute Gasteiger partial charge is 0.349 e. The first-order chi connectivity index (χ1) is 4.87. The number of carbonyl (C=O) groups is 1. The largest absolute Gasteiger partial charge is 0.465 e. The molecular formula is C8H13ClO2. The zero-order chi connectivity index (χ0) is 9.07. The highest BCUT2D eigenvalue weighted by molar-refractivity contribution is 6.41. The molecule has 0 fully saturated rings. The van der Waals surface area contributed by atoms with Gasteiger partial charge in [0.2, 0.25) is 0 Å². The lowest BCUT2D eigenvalue weighted by Gasteiger charge is -2.11. The molecule has 11 heavy (non-hydrogen) atoms. The lowest BCUT2D eigenvalue weighted by Crippen LogP contribution is -2.06. The lowest BCUT2D eigenvalue weighted by molar-refractivity contribution is -0.135. The Morgan fingerprint density at radius 1 is 1.45 bits per heavy atom. The van der Waals surface area contributed by atoms with E-state index in [1.54, 1.807) is 6.08 Å². The van der Waals surface area contributed by atoms with Crippen LogP contribution in [0.4, 0.5) is 0 Å². The molecule has 0 radical (unpaired) electrons. The van der Waals surface area contributed by atoms with Crippen molar-refractivity contribution in [3.63, 3.8) is 0 Å². The molecule has 0 aromatic rings. The minimum atomic E-state index is -0.485. The van der Waals surface area contributed by atoms with Gasteiger partial charge in [-0.3, -0.25) is 0 Å². The number of esters is 1. The minimum absolute atomic E-state index is 0.0920. The van der Waals surface area contributed by atoms with E-state index in [0.717, 1.165) is 0 Å². The van der Waals surface area contributed by atoms with Crippen molar-refractivity contribution in [1.82, 2.24) is 0 Å². The second-order valence-electron chi connectivity index (χ2n) is 3.35. The molecule has 0 spiro atoms. The van der Waals surface area contributed by atoms with Gasteiger partial charge in [0.25, 0.3) is 0 Å². The summed E-state index contributed by atoms with van der Waals surface area (Å²) in [5, 5.41) is 0.139. The molecule has 0 aliphatic carbocycles. The normalized spacial score (nSPS) is 13.0. The van der Waals surface area contributed by atoms with Gasteiger partial charge in [-0.1, -0.05) is 38.4 Å². The number of ether oxygens (including phenoxy) is 1. The molecule has 0 aliphatic rings. The maximum Gasteiger partial charge on any atom is 0.349 e. The summed E-state index contributed by atoms with van der Waals surface area (Å²) in [6, 6.07) is 0. The van der Waals surface area contributed by atoms with Crippen LogP contribution in [0.1, 0.15) is 20.8 Å². The fourth-order valence-electron chi connectivity index (χ4n) is 0.537. The Hall–Kier alpha value is -0.500. The molecule has 0 bridgehead atoms. The molecule has 3 heteroatoms. The minimum Gasteiger partial charge on any atom is -0.465 e. The van der Waals surface area contributed by atoms with Crippen LogP contribution in [0.2, 0.25) is 0 Å². The number of carbonyl (C=O) groups excluding carboxylic acids is 1. The molecule has 0 atom stereocenters. The van der Waals surface area contributed by atoms with Crippen LogP contribution in [0.15, 0.2) is 11.1 Å². The molecule has 64 valence electrons. The van der Waals surface area contributed by atoms with Crippen LogP contribution in [0.3, 0.4) is 0 Å². The Labute approximate surface area is 72.2 Å². The van der Waals surface area contributed by atoms with E-state index in [1.807, 2.05) is 20.8 Å². The Morgan fingerprint density at radius 2 is 1.91 bits per heavy atom. The first kappa shape index (κ1) is 10.5. The Kier molecular flexibility index (Phi) is 3.59. The number of halogens is 1. The second kappa shape index (κ2) is 3.77. The zero-order valence-electron chi connectivity index (χ0n) is 7.27. The monoisotopic (exact) mass is 176 g/mol. The third kappa shape index (κ3) is 4.85. The first-order valence-corrected chi connectivity index (χ1v) is 3.71. The van der Waals surface area contributed by atoms with Crippen molar-refractivity contribution in [3.8, 4) is 0 Å². The number of allylic oxidation sites excluding steroid dienone is 1. The van der Waals surface area contributed by atoms with Gasteiger partial charge in [-0.25, -0.2) is 4.79 Å². The summed E-state index contributed by atoms with van der Waals surface area (Å²) in [4.78, 5) is 10.8. The molecule has 0 aromatic carbocycles. The molecule has 0 aliphatic heterocycles. The quantitative estimate of drug-likeness (QED) is 0.453. The molecular weight excluding hydrogens is 164 g/mol. The van der Waals surface area contributed by atoms with E-state index in [4.69, 9.17) is 11.6 Å². The molecule has 0 saturated heterocycles. The molecule has 0 unspecified atom stereocenters. The summed E-state index contributed by atoms with van der Waals surface area (Å²) >= 11 is 5.60. The fourth-order valence-corrected chi connectivity index (χ4v) is 0.941. The van der Waals surface area contributed by atoms with Gasteiger partial charge in [0.1, 0.15) is 5.03 Å². The van der Waals surface area contributed by atoms with Crippen molar-refractivity contribution < 1.29 is 9.53 Å². The molecule has 0 saturated carbocycles. The van der Waals surface area contributed by atoms with Gasteiger partial charge in [-0.15, -0.1) is 0 Å². The standard InChI is InChI=1S/C8H13ClO2/c1-8(2,3)5-6(9)7(10)11-4/h5H,1-4H3/b6-5-. The SMILES string of the molecule is COC(=O)/C(Cl)=C/C(C)(C)C. The zero-order valence-corrected chi connectivity index (χ0v) is 8.03. The van der Waals surface area contributed by atoms with E-state index in [-0.39, 0.29) is 10.4 Å². The average molecular weight is 177 g/mol. The van der Waals surface area contributed by atoms with Gasteiger partial charge in [-0.05, 0) is 5.41 Å². The van der Waals surface area contributed by atoms with E-state index >= 15 is 0 Å². The lowest BCUT2D eigenvalue weighted by atomic mass is 9.96. The van der Waals surface area contributed by atoms with Crippen molar-refractivity contribution in [2.24, 2.45) is 5.41 Å². The first-order valence-electron chi connectivity index (χ1n) is 3.33. The second-order valence-corrected chi connectivity index (χ2v) is 3.76. The summed E-state index contributed by atoms with van der Waals surface area (Å²) < 4.78 is 4.42. The van der Waals surface area contributed by atoms with E-state index in [0.29, 0.717) is 0 Å². The fraction of sp³-hybridized carbons (Fsp3) is 0.625. The van der Waals surface area contributed by atoms with Gasteiger partial charge in [0.15, 0.2) is 0 Å². The molecule has 0 aromatic heterocycles.